The first-order chi connectivity index (χ1) is 9.45. The first-order valence-corrected chi connectivity index (χ1v) is 6.85. The summed E-state index contributed by atoms with van der Waals surface area (Å²) >= 11 is 12.2. The Hall–Kier alpha value is -1.51. The third-order valence-electron chi connectivity index (χ3n) is 3.34. The Balaban J connectivity index is 2.54. The van der Waals surface area contributed by atoms with E-state index in [4.69, 9.17) is 27.9 Å². The molecule has 0 radical (unpaired) electrons. The number of methoxy groups -OCH3 is 1. The molecular formula is C16H14Cl2O2. The summed E-state index contributed by atoms with van der Waals surface area (Å²) in [5, 5.41) is 0.697. The van der Waals surface area contributed by atoms with Crippen LogP contribution >= 0.6 is 23.2 Å². The van der Waals surface area contributed by atoms with Gasteiger partial charge in [-0.05, 0) is 31.0 Å². The van der Waals surface area contributed by atoms with Crippen LogP contribution in [-0.4, -0.2) is 12.9 Å². The lowest BCUT2D eigenvalue weighted by atomic mass is 9.96. The first-order valence-electron chi connectivity index (χ1n) is 6.09. The van der Waals surface area contributed by atoms with Crippen LogP contribution in [0.3, 0.4) is 0 Å². The number of ether oxygens (including phenoxy) is 1. The SMILES string of the molecule is COc1cc(Cl)c(C(=O)c2cccc(C)c2C)cc1Cl. The van der Waals surface area contributed by atoms with E-state index in [1.165, 1.54) is 7.11 Å². The molecule has 4 heteroatoms. The second-order valence-electron chi connectivity index (χ2n) is 4.54. The monoisotopic (exact) mass is 308 g/mol. The Kier molecular flexibility index (Phi) is 4.36. The molecule has 0 aliphatic rings. The molecule has 0 aliphatic heterocycles. The van der Waals surface area contributed by atoms with Crippen molar-refractivity contribution in [2.24, 2.45) is 0 Å². The predicted molar refractivity (Wildman–Crippen MR) is 82.4 cm³/mol. The van der Waals surface area contributed by atoms with Crippen LogP contribution in [-0.2, 0) is 0 Å². The zero-order valence-corrected chi connectivity index (χ0v) is 13.0. The maximum atomic E-state index is 12.6. The van der Waals surface area contributed by atoms with E-state index in [0.717, 1.165) is 11.1 Å². The highest BCUT2D eigenvalue weighted by Crippen LogP contribution is 2.32. The Morgan fingerprint density at radius 1 is 1.05 bits per heavy atom. The molecule has 0 bridgehead atoms. The fourth-order valence-corrected chi connectivity index (χ4v) is 2.48. The van der Waals surface area contributed by atoms with Gasteiger partial charge in [0, 0.05) is 17.2 Å². The van der Waals surface area contributed by atoms with Crippen LogP contribution in [0.2, 0.25) is 10.0 Å². The minimum Gasteiger partial charge on any atom is -0.495 e. The third-order valence-corrected chi connectivity index (χ3v) is 3.94. The number of aryl methyl sites for hydroxylation is 1. The van der Waals surface area contributed by atoms with Gasteiger partial charge in [-0.3, -0.25) is 4.79 Å². The number of hydrogen-bond donors (Lipinski definition) is 0. The minimum atomic E-state index is -0.138. The number of carbonyl (C=O) groups excluding carboxylic acids is 1. The van der Waals surface area contributed by atoms with Gasteiger partial charge in [0.15, 0.2) is 5.78 Å². The lowest BCUT2D eigenvalue weighted by molar-refractivity contribution is 0.103. The maximum Gasteiger partial charge on any atom is 0.194 e. The number of carbonyl (C=O) groups is 1. The molecule has 0 unspecified atom stereocenters. The van der Waals surface area contributed by atoms with E-state index in [2.05, 4.69) is 0 Å². The van der Waals surface area contributed by atoms with Crippen molar-refractivity contribution in [3.8, 4) is 5.75 Å². The molecule has 0 amide bonds. The number of hydrogen-bond acceptors (Lipinski definition) is 2. The van der Waals surface area contributed by atoms with Crippen molar-refractivity contribution < 1.29 is 9.53 Å². The minimum absolute atomic E-state index is 0.138. The van der Waals surface area contributed by atoms with E-state index in [1.54, 1.807) is 18.2 Å². The Bertz CT molecular complexity index is 678. The summed E-state index contributed by atoms with van der Waals surface area (Å²) in [5.41, 5.74) is 3.02. The van der Waals surface area contributed by atoms with Crippen molar-refractivity contribution in [2.45, 2.75) is 13.8 Å². The smallest absolute Gasteiger partial charge is 0.194 e. The van der Waals surface area contributed by atoms with Gasteiger partial charge in [-0.15, -0.1) is 0 Å². The Labute approximate surface area is 128 Å². The van der Waals surface area contributed by atoms with Gasteiger partial charge >= 0.3 is 0 Å². The van der Waals surface area contributed by atoms with Crippen LogP contribution in [0.15, 0.2) is 30.3 Å². The highest BCUT2D eigenvalue weighted by molar-refractivity contribution is 6.37. The van der Waals surface area contributed by atoms with Gasteiger partial charge in [0.05, 0.1) is 17.2 Å². The molecule has 0 saturated carbocycles. The molecule has 0 saturated heterocycles. The molecule has 104 valence electrons. The Morgan fingerprint density at radius 3 is 2.40 bits per heavy atom. The zero-order valence-electron chi connectivity index (χ0n) is 11.5. The van der Waals surface area contributed by atoms with Gasteiger partial charge in [-0.25, -0.2) is 0 Å². The van der Waals surface area contributed by atoms with Gasteiger partial charge in [0.1, 0.15) is 5.75 Å². The topological polar surface area (TPSA) is 26.3 Å². The van der Waals surface area contributed by atoms with Crippen LogP contribution in [0.1, 0.15) is 27.0 Å². The predicted octanol–water partition coefficient (Wildman–Crippen LogP) is 4.85. The zero-order chi connectivity index (χ0) is 14.9. The summed E-state index contributed by atoms with van der Waals surface area (Å²) < 4.78 is 5.08. The molecule has 2 nitrogen and oxygen atoms in total. The Morgan fingerprint density at radius 2 is 1.75 bits per heavy atom. The molecule has 0 aliphatic carbocycles. The maximum absolute atomic E-state index is 12.6. The highest BCUT2D eigenvalue weighted by atomic mass is 35.5. The molecular weight excluding hydrogens is 295 g/mol. The van der Waals surface area contributed by atoms with Crippen molar-refractivity contribution in [1.29, 1.82) is 0 Å². The van der Waals surface area contributed by atoms with Gasteiger partial charge < -0.3 is 4.74 Å². The molecule has 20 heavy (non-hydrogen) atoms. The van der Waals surface area contributed by atoms with Crippen molar-refractivity contribution >= 4 is 29.0 Å². The van der Waals surface area contributed by atoms with E-state index in [-0.39, 0.29) is 5.78 Å². The quantitative estimate of drug-likeness (QED) is 0.758. The standard InChI is InChI=1S/C16H14Cl2O2/c1-9-5-4-6-11(10(9)2)16(19)12-7-14(18)15(20-3)8-13(12)17/h4-8H,1-3H3. The second kappa shape index (κ2) is 5.86. The largest absolute Gasteiger partial charge is 0.495 e. The molecule has 0 spiro atoms. The molecule has 0 atom stereocenters. The van der Waals surface area contributed by atoms with Crippen LogP contribution in [0.25, 0.3) is 0 Å². The van der Waals surface area contributed by atoms with Crippen molar-refractivity contribution in [2.75, 3.05) is 7.11 Å². The van der Waals surface area contributed by atoms with E-state index in [9.17, 15) is 4.79 Å². The summed E-state index contributed by atoms with van der Waals surface area (Å²) in [7, 11) is 1.50. The summed E-state index contributed by atoms with van der Waals surface area (Å²) in [6, 6.07) is 8.72. The van der Waals surface area contributed by atoms with Crippen molar-refractivity contribution in [3.05, 3.63) is 62.6 Å². The third kappa shape index (κ3) is 2.67. The van der Waals surface area contributed by atoms with Crippen molar-refractivity contribution in [3.63, 3.8) is 0 Å². The van der Waals surface area contributed by atoms with Crippen LogP contribution in [0, 0.1) is 13.8 Å². The van der Waals surface area contributed by atoms with Crippen LogP contribution in [0.5, 0.6) is 5.75 Å². The average Bonchev–Trinajstić information content (AvgIpc) is 2.43. The first kappa shape index (κ1) is 14.9. The second-order valence-corrected chi connectivity index (χ2v) is 5.36. The highest BCUT2D eigenvalue weighted by Gasteiger charge is 2.18. The van der Waals surface area contributed by atoms with E-state index < -0.39 is 0 Å². The summed E-state index contributed by atoms with van der Waals surface area (Å²) in [6.07, 6.45) is 0. The van der Waals surface area contributed by atoms with E-state index in [1.807, 2.05) is 26.0 Å². The molecule has 0 fully saturated rings. The van der Waals surface area contributed by atoms with E-state index >= 15 is 0 Å². The van der Waals surface area contributed by atoms with Crippen molar-refractivity contribution in [1.82, 2.24) is 0 Å². The number of ketones is 1. The number of halogens is 2. The lowest BCUT2D eigenvalue weighted by Gasteiger charge is -2.11. The fraction of sp³-hybridized carbons (Fsp3) is 0.188. The van der Waals surface area contributed by atoms with Crippen LogP contribution < -0.4 is 4.74 Å². The molecule has 0 heterocycles. The lowest BCUT2D eigenvalue weighted by Crippen LogP contribution is -2.06. The van der Waals surface area contributed by atoms with Gasteiger partial charge in [0.2, 0.25) is 0 Å². The molecule has 0 aromatic heterocycles. The van der Waals surface area contributed by atoms with Gasteiger partial charge in [-0.1, -0.05) is 41.4 Å². The number of benzene rings is 2. The summed E-state index contributed by atoms with van der Waals surface area (Å²) in [6.45, 7) is 3.89. The molecule has 2 aromatic carbocycles. The van der Waals surface area contributed by atoms with Crippen LogP contribution in [0.4, 0.5) is 0 Å². The van der Waals surface area contributed by atoms with Gasteiger partial charge in [-0.2, -0.15) is 0 Å². The summed E-state index contributed by atoms with van der Waals surface area (Å²) in [4.78, 5) is 12.6. The average molecular weight is 309 g/mol. The normalized spacial score (nSPS) is 10.4. The number of rotatable bonds is 3. The summed E-state index contributed by atoms with van der Waals surface area (Å²) in [5.74, 6) is 0.315. The molecule has 2 rings (SSSR count). The van der Waals surface area contributed by atoms with Gasteiger partial charge in [0.25, 0.3) is 0 Å². The molecule has 2 aromatic rings. The van der Waals surface area contributed by atoms with E-state index in [0.29, 0.717) is 26.9 Å². The fourth-order valence-electron chi connectivity index (χ4n) is 2.00. The molecule has 0 N–H and O–H groups in total.